The van der Waals surface area contributed by atoms with Crippen molar-refractivity contribution in [3.63, 3.8) is 0 Å². The van der Waals surface area contributed by atoms with E-state index in [1.807, 2.05) is 24.4 Å². The lowest BCUT2D eigenvalue weighted by molar-refractivity contribution is -0.678. The highest BCUT2D eigenvalue weighted by atomic mass is 127. The normalized spacial score (nSPS) is 14.4. The second-order valence-electron chi connectivity index (χ2n) is 5.07. The molecule has 0 atom stereocenters. The van der Waals surface area contributed by atoms with E-state index in [0.29, 0.717) is 0 Å². The average Bonchev–Trinajstić information content (AvgIpc) is 2.56. The number of hydrogen-bond donors (Lipinski definition) is 0. The first-order chi connectivity index (χ1) is 8.72. The van der Waals surface area contributed by atoms with Gasteiger partial charge in [-0.2, -0.15) is 5.26 Å². The number of halogens is 1. The Morgan fingerprint density at radius 1 is 1.32 bits per heavy atom. The van der Waals surface area contributed by atoms with Crippen molar-refractivity contribution in [1.29, 1.82) is 5.26 Å². The van der Waals surface area contributed by atoms with Crippen LogP contribution in [0, 0.1) is 25.2 Å². The first kappa shape index (κ1) is 14.3. The van der Waals surface area contributed by atoms with Crippen molar-refractivity contribution >= 4 is 5.65 Å². The van der Waals surface area contributed by atoms with E-state index >= 15 is 0 Å². The second-order valence-corrected chi connectivity index (χ2v) is 5.07. The molecule has 0 saturated heterocycles. The fourth-order valence-corrected chi connectivity index (χ4v) is 2.85. The zero-order chi connectivity index (χ0) is 12.7. The molecule has 100 valence electrons. The monoisotopic (exact) mass is 368 g/mol. The van der Waals surface area contributed by atoms with Gasteiger partial charge in [-0.3, -0.25) is 0 Å². The Labute approximate surface area is 130 Å². The molecule has 0 aliphatic carbocycles. The van der Waals surface area contributed by atoms with Crippen molar-refractivity contribution in [3.05, 3.63) is 28.7 Å². The third kappa shape index (κ3) is 2.22. The van der Waals surface area contributed by atoms with E-state index in [4.69, 9.17) is 5.10 Å². The Balaban J connectivity index is 0.00000133. The maximum absolute atomic E-state index is 9.39. The minimum Gasteiger partial charge on any atom is -1.00 e. The molecule has 0 N–H and O–H groups in total. The molecule has 19 heavy (non-hydrogen) atoms. The van der Waals surface area contributed by atoms with Gasteiger partial charge in [0.05, 0.1) is 6.54 Å². The fourth-order valence-electron chi connectivity index (χ4n) is 2.85. The lowest BCUT2D eigenvalue weighted by atomic mass is 10.1. The number of fused-ring (bicyclic) bond motifs is 3. The first-order valence-electron chi connectivity index (χ1n) is 6.54. The Kier molecular flexibility index (Phi) is 4.09. The highest BCUT2D eigenvalue weighted by Gasteiger charge is 2.26. The molecule has 0 spiro atoms. The number of aromatic nitrogens is 3. The van der Waals surface area contributed by atoms with Gasteiger partial charge >= 0.3 is 0 Å². The van der Waals surface area contributed by atoms with E-state index in [-0.39, 0.29) is 24.0 Å². The molecule has 0 saturated carbocycles. The van der Waals surface area contributed by atoms with E-state index in [9.17, 15) is 5.26 Å². The molecular weight excluding hydrogens is 351 g/mol. The van der Waals surface area contributed by atoms with E-state index in [0.717, 1.165) is 41.3 Å². The summed E-state index contributed by atoms with van der Waals surface area (Å²) in [6.07, 6.45) is 4.65. The van der Waals surface area contributed by atoms with Crippen LogP contribution in [0.1, 0.15) is 41.9 Å². The Bertz CT molecular complexity index is 666. The summed E-state index contributed by atoms with van der Waals surface area (Å²) in [6.45, 7) is 5.03. The molecule has 0 radical (unpaired) electrons. The summed E-state index contributed by atoms with van der Waals surface area (Å²) in [6, 6.07) is 4.38. The van der Waals surface area contributed by atoms with Crippen LogP contribution < -0.4 is 28.5 Å². The molecule has 1 aliphatic rings. The van der Waals surface area contributed by atoms with Crippen LogP contribution in [0.3, 0.4) is 0 Å². The average molecular weight is 368 g/mol. The van der Waals surface area contributed by atoms with Crippen LogP contribution in [-0.4, -0.2) is 9.61 Å². The predicted molar refractivity (Wildman–Crippen MR) is 67.1 cm³/mol. The van der Waals surface area contributed by atoms with Crippen LogP contribution in [-0.2, 0) is 13.0 Å². The standard InChI is InChI=1S/C14H17N4.HI/c1-10-8-11(2)18-14(12(10)9-15)17-7-5-3-4-6-13(17)16-18;/h8H,3-7H2,1-2H3;1H/q+1;/p-1. The number of pyridine rings is 1. The summed E-state index contributed by atoms with van der Waals surface area (Å²) in [7, 11) is 0. The van der Waals surface area contributed by atoms with Crippen LogP contribution in [0.2, 0.25) is 0 Å². The molecule has 1 aliphatic heterocycles. The van der Waals surface area contributed by atoms with Gasteiger partial charge in [-0.25, -0.2) is 4.57 Å². The maximum atomic E-state index is 9.39. The number of hydrogen-bond acceptors (Lipinski definition) is 2. The van der Waals surface area contributed by atoms with Crippen LogP contribution in [0.4, 0.5) is 0 Å². The van der Waals surface area contributed by atoms with Gasteiger partial charge in [0, 0.05) is 11.5 Å². The zero-order valence-corrected chi connectivity index (χ0v) is 13.4. The number of nitriles is 1. The summed E-state index contributed by atoms with van der Waals surface area (Å²) in [5.41, 5.74) is 3.89. The second kappa shape index (κ2) is 5.45. The summed E-state index contributed by atoms with van der Waals surface area (Å²) in [5, 5.41) is 14.1. The van der Waals surface area contributed by atoms with Crippen LogP contribution in [0.25, 0.3) is 5.65 Å². The molecule has 3 rings (SSSR count). The SMILES string of the molecule is Cc1cc(C)n2nc3[n+](c2c1C#N)CCCCC3.[I-]. The van der Waals surface area contributed by atoms with Crippen molar-refractivity contribution < 1.29 is 28.5 Å². The van der Waals surface area contributed by atoms with E-state index in [2.05, 4.69) is 10.6 Å². The molecule has 0 aromatic carbocycles. The van der Waals surface area contributed by atoms with Gasteiger partial charge in [0.1, 0.15) is 17.3 Å². The molecular formula is C14H17IN4. The smallest absolute Gasteiger partial charge is 0.284 e. The Morgan fingerprint density at radius 3 is 2.84 bits per heavy atom. The van der Waals surface area contributed by atoms with Gasteiger partial charge in [0.2, 0.25) is 0 Å². The Morgan fingerprint density at radius 2 is 2.11 bits per heavy atom. The number of rotatable bonds is 0. The summed E-state index contributed by atoms with van der Waals surface area (Å²) in [5.74, 6) is 1.12. The molecule has 5 heteroatoms. The highest BCUT2D eigenvalue weighted by molar-refractivity contribution is 5.56. The van der Waals surface area contributed by atoms with Gasteiger partial charge in [-0.15, -0.1) is 0 Å². The summed E-state index contributed by atoms with van der Waals surface area (Å²) >= 11 is 0. The van der Waals surface area contributed by atoms with Crippen LogP contribution in [0.5, 0.6) is 0 Å². The van der Waals surface area contributed by atoms with E-state index in [1.165, 1.54) is 19.3 Å². The van der Waals surface area contributed by atoms with Crippen molar-refractivity contribution in [3.8, 4) is 6.07 Å². The minimum absolute atomic E-state index is 0. The van der Waals surface area contributed by atoms with Gasteiger partial charge in [0.15, 0.2) is 0 Å². The van der Waals surface area contributed by atoms with Crippen molar-refractivity contribution in [2.75, 3.05) is 0 Å². The fraction of sp³-hybridized carbons (Fsp3) is 0.500. The van der Waals surface area contributed by atoms with Crippen molar-refractivity contribution in [2.24, 2.45) is 0 Å². The summed E-state index contributed by atoms with van der Waals surface area (Å²) < 4.78 is 4.18. The number of aryl methyl sites for hydroxylation is 4. The third-order valence-electron chi connectivity index (χ3n) is 3.75. The van der Waals surface area contributed by atoms with Crippen LogP contribution >= 0.6 is 0 Å². The molecule has 2 aromatic heterocycles. The molecule has 0 amide bonds. The molecule has 3 heterocycles. The molecule has 0 bridgehead atoms. The highest BCUT2D eigenvalue weighted by Crippen LogP contribution is 2.17. The largest absolute Gasteiger partial charge is 1.00 e. The molecule has 0 fully saturated rings. The van der Waals surface area contributed by atoms with Gasteiger partial charge in [-0.1, -0.05) is 4.52 Å². The quantitative estimate of drug-likeness (QED) is 0.435. The lowest BCUT2D eigenvalue weighted by Gasteiger charge is -2.01. The van der Waals surface area contributed by atoms with Crippen molar-refractivity contribution in [2.45, 2.75) is 46.1 Å². The first-order valence-corrected chi connectivity index (χ1v) is 6.54. The van der Waals surface area contributed by atoms with E-state index < -0.39 is 0 Å². The van der Waals surface area contributed by atoms with E-state index in [1.54, 1.807) is 0 Å². The Hall–Kier alpha value is -1.16. The lowest BCUT2D eigenvalue weighted by Crippen LogP contribution is -3.00. The third-order valence-corrected chi connectivity index (χ3v) is 3.75. The molecule has 4 nitrogen and oxygen atoms in total. The van der Waals surface area contributed by atoms with Gasteiger partial charge < -0.3 is 24.0 Å². The van der Waals surface area contributed by atoms with Gasteiger partial charge in [0.25, 0.3) is 11.5 Å². The number of nitrogens with zero attached hydrogens (tertiary/aromatic N) is 4. The zero-order valence-electron chi connectivity index (χ0n) is 11.3. The van der Waals surface area contributed by atoms with Crippen molar-refractivity contribution in [1.82, 2.24) is 9.61 Å². The summed E-state index contributed by atoms with van der Waals surface area (Å²) in [4.78, 5) is 0. The maximum Gasteiger partial charge on any atom is 0.284 e. The predicted octanol–water partition coefficient (Wildman–Crippen LogP) is -1.16. The minimum atomic E-state index is 0. The van der Waals surface area contributed by atoms with Gasteiger partial charge in [-0.05, 0) is 44.7 Å². The molecule has 2 aromatic rings. The molecule has 0 unspecified atom stereocenters. The van der Waals surface area contributed by atoms with Crippen LogP contribution in [0.15, 0.2) is 6.07 Å². The topological polar surface area (TPSA) is 45.0 Å².